The number of aliphatic imine (C=N–C) groups is 1. The summed E-state index contributed by atoms with van der Waals surface area (Å²) in [5.74, 6) is 0.612. The van der Waals surface area contributed by atoms with Gasteiger partial charge in [0.1, 0.15) is 5.75 Å². The number of nitrogens with zero attached hydrogens (tertiary/aromatic N) is 1. The Hall–Kier alpha value is -2.15. The topological polar surface area (TPSA) is 112 Å². The summed E-state index contributed by atoms with van der Waals surface area (Å²) in [5, 5.41) is 17.9. The van der Waals surface area contributed by atoms with E-state index in [2.05, 4.69) is 20.9 Å². The van der Waals surface area contributed by atoms with Crippen LogP contribution in [0, 0.1) is 0 Å². The van der Waals surface area contributed by atoms with E-state index >= 15 is 0 Å². The molecule has 1 fully saturated rings. The fraction of sp³-hybridized carbons (Fsp3) is 0.200. The second-order valence-corrected chi connectivity index (χ2v) is 3.50. The number of nitrogens with one attached hydrogen (secondary N) is 3. The second kappa shape index (κ2) is 5.97. The largest absolute Gasteiger partial charge is 0.506 e. The lowest BCUT2D eigenvalue weighted by atomic mass is 10.2. The molecule has 0 atom stereocenters. The highest BCUT2D eigenvalue weighted by atomic mass is 35.5. The molecule has 6 N–H and O–H groups in total. The highest BCUT2D eigenvalue weighted by Crippen LogP contribution is 2.28. The second-order valence-electron chi connectivity index (χ2n) is 3.50. The number of urea groups is 1. The minimum atomic E-state index is -0.734. The molecule has 0 unspecified atom stereocenters. The third kappa shape index (κ3) is 3.42. The number of nitrogens with two attached hydrogens (primary N) is 1. The number of amides is 2. The van der Waals surface area contributed by atoms with Crippen molar-refractivity contribution in [1.82, 2.24) is 10.6 Å². The monoisotopic (exact) mass is 271 g/mol. The number of phenols is 1. The normalized spacial score (nSPS) is 13.0. The van der Waals surface area contributed by atoms with Crippen molar-refractivity contribution in [3.05, 3.63) is 18.2 Å². The molecule has 0 bridgehead atoms. The maximum atomic E-state index is 10.7. The van der Waals surface area contributed by atoms with Crippen molar-refractivity contribution in [3.63, 3.8) is 0 Å². The predicted octanol–water partition coefficient (Wildman–Crippen LogP) is 0.485. The average Bonchev–Trinajstić information content (AvgIpc) is 2.75. The van der Waals surface area contributed by atoms with E-state index in [0.29, 0.717) is 11.6 Å². The van der Waals surface area contributed by atoms with Crippen LogP contribution in [0.25, 0.3) is 0 Å². The van der Waals surface area contributed by atoms with Gasteiger partial charge in [-0.3, -0.25) is 0 Å². The number of aromatic hydroxyl groups is 1. The number of hydrogen-bond donors (Lipinski definition) is 5. The lowest BCUT2D eigenvalue weighted by Gasteiger charge is -2.06. The maximum Gasteiger partial charge on any atom is 0.316 e. The molecule has 0 aliphatic carbocycles. The number of anilines is 1. The van der Waals surface area contributed by atoms with Gasteiger partial charge in [-0.2, -0.15) is 0 Å². The molecule has 1 saturated heterocycles. The third-order valence-corrected chi connectivity index (χ3v) is 2.19. The van der Waals surface area contributed by atoms with E-state index < -0.39 is 6.03 Å². The Morgan fingerprint density at radius 3 is 2.67 bits per heavy atom. The Balaban J connectivity index is 0.00000162. The van der Waals surface area contributed by atoms with Gasteiger partial charge in [0.2, 0.25) is 0 Å². The van der Waals surface area contributed by atoms with Gasteiger partial charge >= 0.3 is 6.03 Å². The zero-order valence-corrected chi connectivity index (χ0v) is 10.3. The lowest BCUT2D eigenvalue weighted by Crippen LogP contribution is -2.23. The molecule has 2 rings (SSSR count). The highest BCUT2D eigenvalue weighted by molar-refractivity contribution is 5.91. The number of rotatable bonds is 2. The zero-order chi connectivity index (χ0) is 12.3. The van der Waals surface area contributed by atoms with Crippen LogP contribution in [-0.2, 0) is 0 Å². The molecule has 1 aliphatic heterocycles. The highest BCUT2D eigenvalue weighted by Gasteiger charge is 2.07. The van der Waals surface area contributed by atoms with E-state index in [-0.39, 0.29) is 23.8 Å². The molecule has 0 radical (unpaired) electrons. The molecular formula is C10H14ClN5O2. The lowest BCUT2D eigenvalue weighted by molar-refractivity contribution is 0.259. The summed E-state index contributed by atoms with van der Waals surface area (Å²) in [7, 11) is 0. The first-order valence-corrected chi connectivity index (χ1v) is 5.11. The van der Waals surface area contributed by atoms with Gasteiger partial charge in [0.05, 0.1) is 11.4 Å². The van der Waals surface area contributed by atoms with Crippen LogP contribution >= 0.6 is 12.4 Å². The number of carbonyl (C=O) groups is 1. The van der Waals surface area contributed by atoms with Gasteiger partial charge in [0.15, 0.2) is 5.96 Å². The smallest absolute Gasteiger partial charge is 0.316 e. The first-order valence-electron chi connectivity index (χ1n) is 5.11. The van der Waals surface area contributed by atoms with Crippen LogP contribution in [-0.4, -0.2) is 30.2 Å². The Bertz CT molecular complexity index is 469. The summed E-state index contributed by atoms with van der Waals surface area (Å²) in [6.45, 7) is 1.65. The summed E-state index contributed by atoms with van der Waals surface area (Å²) in [4.78, 5) is 15.0. The summed E-state index contributed by atoms with van der Waals surface area (Å²) in [5.41, 5.74) is 5.82. The fourth-order valence-corrected chi connectivity index (χ4v) is 1.46. The molecule has 0 spiro atoms. The number of guanidine groups is 1. The molecule has 1 aliphatic rings. The van der Waals surface area contributed by atoms with Crippen molar-refractivity contribution in [2.45, 2.75) is 0 Å². The number of primary amides is 1. The Morgan fingerprint density at radius 1 is 1.39 bits per heavy atom. The van der Waals surface area contributed by atoms with Gasteiger partial charge in [0.25, 0.3) is 0 Å². The Labute approximate surface area is 110 Å². The summed E-state index contributed by atoms with van der Waals surface area (Å²) >= 11 is 0. The van der Waals surface area contributed by atoms with E-state index in [1.807, 2.05) is 0 Å². The van der Waals surface area contributed by atoms with Crippen molar-refractivity contribution in [1.29, 1.82) is 0 Å². The zero-order valence-electron chi connectivity index (χ0n) is 9.43. The van der Waals surface area contributed by atoms with E-state index in [1.54, 1.807) is 6.07 Å². The minimum Gasteiger partial charge on any atom is -0.506 e. The summed E-state index contributed by atoms with van der Waals surface area (Å²) < 4.78 is 0. The number of benzene rings is 1. The molecule has 18 heavy (non-hydrogen) atoms. The van der Waals surface area contributed by atoms with Gasteiger partial charge in [-0.1, -0.05) is 0 Å². The number of phenolic OH excluding ortho intramolecular Hbond substituents is 1. The van der Waals surface area contributed by atoms with Crippen LogP contribution in [0.15, 0.2) is 23.2 Å². The van der Waals surface area contributed by atoms with Gasteiger partial charge < -0.3 is 26.8 Å². The molecule has 0 saturated carbocycles. The first-order chi connectivity index (χ1) is 8.15. The van der Waals surface area contributed by atoms with Gasteiger partial charge in [0, 0.05) is 13.1 Å². The van der Waals surface area contributed by atoms with Crippen LogP contribution in [0.2, 0.25) is 0 Å². The molecule has 2 amide bonds. The molecule has 8 heteroatoms. The molecule has 0 aromatic heterocycles. The molecule has 7 nitrogen and oxygen atoms in total. The summed E-state index contributed by atoms with van der Waals surface area (Å²) in [6.07, 6.45) is 0. The fourth-order valence-electron chi connectivity index (χ4n) is 1.46. The molecule has 1 heterocycles. The van der Waals surface area contributed by atoms with Crippen LogP contribution in [0.4, 0.5) is 16.2 Å². The number of halogens is 1. The van der Waals surface area contributed by atoms with Crippen molar-refractivity contribution >= 4 is 35.8 Å². The van der Waals surface area contributed by atoms with Crippen molar-refractivity contribution in [3.8, 4) is 5.75 Å². The van der Waals surface area contributed by atoms with Crippen LogP contribution in [0.3, 0.4) is 0 Å². The first kappa shape index (κ1) is 13.9. The van der Waals surface area contributed by atoms with E-state index in [0.717, 1.165) is 13.1 Å². The molecule has 1 aromatic carbocycles. The van der Waals surface area contributed by atoms with Crippen LogP contribution < -0.4 is 21.7 Å². The summed E-state index contributed by atoms with van der Waals surface area (Å²) in [6, 6.07) is 3.88. The van der Waals surface area contributed by atoms with E-state index in [1.165, 1.54) is 12.1 Å². The van der Waals surface area contributed by atoms with Crippen molar-refractivity contribution in [2.75, 3.05) is 18.4 Å². The van der Waals surface area contributed by atoms with Crippen LogP contribution in [0.1, 0.15) is 0 Å². The Kier molecular flexibility index (Phi) is 4.61. The number of carbonyl (C=O) groups excluding carboxylic acids is 1. The molecule has 98 valence electrons. The number of hydrogen-bond acceptors (Lipinski definition) is 3. The predicted molar refractivity (Wildman–Crippen MR) is 71.7 cm³/mol. The molecule has 1 aromatic rings. The van der Waals surface area contributed by atoms with E-state index in [4.69, 9.17) is 5.73 Å². The van der Waals surface area contributed by atoms with Crippen molar-refractivity contribution in [2.24, 2.45) is 10.7 Å². The van der Waals surface area contributed by atoms with Crippen molar-refractivity contribution < 1.29 is 9.90 Å². The van der Waals surface area contributed by atoms with Gasteiger partial charge in [-0.15, -0.1) is 12.4 Å². The third-order valence-electron chi connectivity index (χ3n) is 2.19. The van der Waals surface area contributed by atoms with E-state index in [9.17, 15) is 9.90 Å². The van der Waals surface area contributed by atoms with Gasteiger partial charge in [-0.05, 0) is 18.2 Å². The van der Waals surface area contributed by atoms with Crippen LogP contribution in [0.5, 0.6) is 5.75 Å². The average molecular weight is 272 g/mol. The minimum absolute atomic E-state index is 0. The Morgan fingerprint density at radius 2 is 2.06 bits per heavy atom. The van der Waals surface area contributed by atoms with Gasteiger partial charge in [-0.25, -0.2) is 9.79 Å². The maximum absolute atomic E-state index is 10.7. The molecular weight excluding hydrogens is 258 g/mol. The SMILES string of the molecule is Cl.NC(=O)Nc1cc(N=C2NCCN2)ccc1O. The standard InChI is InChI=1S/C10H13N5O2.ClH/c11-9(17)15-7-5-6(1-2-8(7)16)14-10-12-3-4-13-10;/h1-2,5,16H,3-4H2,(H3,11,15,17)(H2,12,13,14);1H. The quantitative estimate of drug-likeness (QED) is 0.504.